The van der Waals surface area contributed by atoms with Crippen molar-refractivity contribution in [3.8, 4) is 34.3 Å². The standard InChI is InChI=1S/C34H32F3N7O3/c1-43-15-13-24(14-16-43)47-25-10-11-26(34(35,36)37)41-29(25)21-5-3-20(4-6-21)18-44-27(45)12-9-23-17-38-31(42-32(23)44)28-30(22-7-8-22)39-19-40-33(28)46-2/h3-6,9-12,17,19,22,24H,7-8,13-16,18H2,1-2H3. The summed E-state index contributed by atoms with van der Waals surface area (Å²) in [5, 5.41) is 0.664. The molecule has 10 nitrogen and oxygen atoms in total. The minimum Gasteiger partial charge on any atom is -0.488 e. The first-order chi connectivity index (χ1) is 22.7. The van der Waals surface area contributed by atoms with Crippen molar-refractivity contribution in [2.45, 2.75) is 50.4 Å². The Bertz CT molecular complexity index is 1990. The third-order valence-electron chi connectivity index (χ3n) is 8.62. The largest absolute Gasteiger partial charge is 0.488 e. The Morgan fingerprint density at radius 2 is 1.68 bits per heavy atom. The van der Waals surface area contributed by atoms with Gasteiger partial charge in [-0.3, -0.25) is 9.36 Å². The average molecular weight is 644 g/mol. The van der Waals surface area contributed by atoms with Crippen molar-refractivity contribution in [1.82, 2.24) is 34.4 Å². The van der Waals surface area contributed by atoms with E-state index in [0.29, 0.717) is 39.6 Å². The molecule has 0 N–H and O–H groups in total. The van der Waals surface area contributed by atoms with Crippen LogP contribution in [-0.4, -0.2) is 67.7 Å². The Balaban J connectivity index is 1.22. The molecule has 1 aliphatic carbocycles. The van der Waals surface area contributed by atoms with E-state index in [4.69, 9.17) is 14.5 Å². The number of ether oxygens (including phenoxy) is 2. The average Bonchev–Trinajstić information content (AvgIpc) is 3.92. The summed E-state index contributed by atoms with van der Waals surface area (Å²) in [6.45, 7) is 1.86. The molecule has 0 unspecified atom stereocenters. The summed E-state index contributed by atoms with van der Waals surface area (Å²) in [6.07, 6.45) is 1.95. The van der Waals surface area contributed by atoms with Crippen LogP contribution < -0.4 is 15.0 Å². The van der Waals surface area contributed by atoms with Gasteiger partial charge in [-0.05, 0) is 56.5 Å². The highest BCUT2D eigenvalue weighted by molar-refractivity contribution is 5.78. The van der Waals surface area contributed by atoms with Gasteiger partial charge in [0.25, 0.3) is 5.56 Å². The first kappa shape index (κ1) is 30.7. The molecule has 1 saturated carbocycles. The van der Waals surface area contributed by atoms with E-state index in [2.05, 4.69) is 24.8 Å². The minimum atomic E-state index is -4.60. The number of hydrogen-bond donors (Lipinski definition) is 0. The number of benzene rings is 1. The van der Waals surface area contributed by atoms with E-state index in [9.17, 15) is 18.0 Å². The first-order valence-electron chi connectivity index (χ1n) is 15.5. The van der Waals surface area contributed by atoms with Gasteiger partial charge in [0.2, 0.25) is 5.88 Å². The molecule has 4 aromatic heterocycles. The SMILES string of the molecule is COc1ncnc(C2CC2)c1-c1ncc2ccc(=O)n(Cc3ccc(-c4nc(C(F)(F)F)ccc4OC4CCN(C)CC4)cc3)c2n1. The van der Waals surface area contributed by atoms with Gasteiger partial charge in [0.05, 0.1) is 19.3 Å². The van der Waals surface area contributed by atoms with Crippen molar-refractivity contribution >= 4 is 11.0 Å². The molecule has 1 saturated heterocycles. The van der Waals surface area contributed by atoms with Gasteiger partial charge in [0, 0.05) is 42.2 Å². The van der Waals surface area contributed by atoms with Gasteiger partial charge in [-0.1, -0.05) is 24.3 Å². The van der Waals surface area contributed by atoms with Crippen molar-refractivity contribution in [3.63, 3.8) is 0 Å². The summed E-state index contributed by atoms with van der Waals surface area (Å²) in [5.41, 5.74) is 1.93. The van der Waals surface area contributed by atoms with Crippen molar-refractivity contribution in [1.29, 1.82) is 0 Å². The van der Waals surface area contributed by atoms with E-state index >= 15 is 0 Å². The van der Waals surface area contributed by atoms with Crippen LogP contribution in [0.2, 0.25) is 0 Å². The summed E-state index contributed by atoms with van der Waals surface area (Å²) in [4.78, 5) is 37.5. The lowest BCUT2D eigenvalue weighted by Gasteiger charge is -2.29. The highest BCUT2D eigenvalue weighted by Crippen LogP contribution is 2.45. The monoisotopic (exact) mass is 643 g/mol. The smallest absolute Gasteiger partial charge is 0.433 e. The molecule has 0 spiro atoms. The summed E-state index contributed by atoms with van der Waals surface area (Å²) in [5.74, 6) is 1.31. The lowest BCUT2D eigenvalue weighted by Crippen LogP contribution is -2.35. The lowest BCUT2D eigenvalue weighted by molar-refractivity contribution is -0.141. The summed E-state index contributed by atoms with van der Waals surface area (Å²) in [6, 6.07) is 12.4. The normalized spacial score (nSPS) is 16.0. The Morgan fingerprint density at radius 1 is 0.915 bits per heavy atom. The van der Waals surface area contributed by atoms with Crippen molar-refractivity contribution in [2.75, 3.05) is 27.2 Å². The molecule has 7 rings (SSSR count). The zero-order valence-corrected chi connectivity index (χ0v) is 25.9. The maximum absolute atomic E-state index is 13.7. The highest BCUT2D eigenvalue weighted by atomic mass is 19.4. The number of fused-ring (bicyclic) bond motifs is 1. The van der Waals surface area contributed by atoms with Crippen LogP contribution in [0.5, 0.6) is 11.6 Å². The van der Waals surface area contributed by atoms with Gasteiger partial charge in [-0.15, -0.1) is 0 Å². The van der Waals surface area contributed by atoms with Crippen LogP contribution in [-0.2, 0) is 12.7 Å². The molecular weight excluding hydrogens is 611 g/mol. The number of nitrogens with zero attached hydrogens (tertiary/aromatic N) is 7. The Kier molecular flexibility index (Phi) is 8.08. The Morgan fingerprint density at radius 3 is 2.38 bits per heavy atom. The molecule has 0 bridgehead atoms. The number of hydrogen-bond acceptors (Lipinski definition) is 9. The van der Waals surface area contributed by atoms with Crippen molar-refractivity contribution < 1.29 is 22.6 Å². The molecule has 13 heteroatoms. The zero-order chi connectivity index (χ0) is 32.7. The second-order valence-corrected chi connectivity index (χ2v) is 12.0. The summed E-state index contributed by atoms with van der Waals surface area (Å²) >= 11 is 0. The Hall–Kier alpha value is -4.91. The molecule has 0 radical (unpaired) electrons. The van der Waals surface area contributed by atoms with Crippen LogP contribution >= 0.6 is 0 Å². The van der Waals surface area contributed by atoms with Gasteiger partial charge >= 0.3 is 6.18 Å². The molecule has 1 aromatic carbocycles. The second kappa shape index (κ2) is 12.4. The zero-order valence-electron chi connectivity index (χ0n) is 25.9. The number of rotatable bonds is 8. The van der Waals surface area contributed by atoms with E-state index in [0.717, 1.165) is 56.1 Å². The molecule has 1 aliphatic heterocycles. The molecule has 0 atom stereocenters. The van der Waals surface area contributed by atoms with E-state index in [1.807, 2.05) is 7.05 Å². The molecule has 47 heavy (non-hydrogen) atoms. The van der Waals surface area contributed by atoms with Crippen molar-refractivity contribution in [2.24, 2.45) is 0 Å². The van der Waals surface area contributed by atoms with Gasteiger partial charge in [0.15, 0.2) is 5.82 Å². The minimum absolute atomic E-state index is 0.115. The molecule has 2 fully saturated rings. The predicted molar refractivity (Wildman–Crippen MR) is 168 cm³/mol. The second-order valence-electron chi connectivity index (χ2n) is 12.0. The third kappa shape index (κ3) is 6.39. The summed E-state index contributed by atoms with van der Waals surface area (Å²) in [7, 11) is 3.56. The van der Waals surface area contributed by atoms with Crippen LogP contribution in [0.15, 0.2) is 65.8 Å². The number of likely N-dealkylation sites (tertiary alicyclic amines) is 1. The van der Waals surface area contributed by atoms with Gasteiger partial charge in [-0.2, -0.15) is 13.2 Å². The number of halogens is 3. The molecular formula is C34H32F3N7O3. The maximum Gasteiger partial charge on any atom is 0.433 e. The molecule has 2 aliphatic rings. The molecule has 5 heterocycles. The highest BCUT2D eigenvalue weighted by Gasteiger charge is 2.34. The van der Waals surface area contributed by atoms with Crippen LogP contribution in [0.1, 0.15) is 48.6 Å². The van der Waals surface area contributed by atoms with Crippen LogP contribution in [0.4, 0.5) is 13.2 Å². The number of alkyl halides is 3. The van der Waals surface area contributed by atoms with Crippen LogP contribution in [0.25, 0.3) is 33.7 Å². The first-order valence-corrected chi connectivity index (χ1v) is 15.5. The number of methoxy groups -OCH3 is 1. The third-order valence-corrected chi connectivity index (χ3v) is 8.62. The number of aromatic nitrogens is 6. The molecule has 0 amide bonds. The Labute approximate surface area is 268 Å². The van der Waals surface area contributed by atoms with E-state index in [1.165, 1.54) is 25.6 Å². The topological polar surface area (TPSA) is 108 Å². The van der Waals surface area contributed by atoms with E-state index < -0.39 is 11.9 Å². The number of pyridine rings is 2. The van der Waals surface area contributed by atoms with Gasteiger partial charge < -0.3 is 14.4 Å². The van der Waals surface area contributed by atoms with Gasteiger partial charge in [0.1, 0.15) is 40.8 Å². The van der Waals surface area contributed by atoms with Crippen LogP contribution in [0.3, 0.4) is 0 Å². The predicted octanol–water partition coefficient (Wildman–Crippen LogP) is 5.74. The maximum atomic E-state index is 13.7. The van der Waals surface area contributed by atoms with E-state index in [-0.39, 0.29) is 29.8 Å². The fraction of sp³-hybridized carbons (Fsp3) is 0.353. The summed E-state index contributed by atoms with van der Waals surface area (Å²) < 4.78 is 54.3. The lowest BCUT2D eigenvalue weighted by atomic mass is 10.1. The van der Waals surface area contributed by atoms with Crippen LogP contribution in [0, 0.1) is 0 Å². The fourth-order valence-corrected chi connectivity index (χ4v) is 5.90. The molecule has 5 aromatic rings. The molecule has 242 valence electrons. The fourth-order valence-electron chi connectivity index (χ4n) is 5.90. The van der Waals surface area contributed by atoms with E-state index in [1.54, 1.807) is 41.1 Å². The number of piperidine rings is 1. The van der Waals surface area contributed by atoms with Gasteiger partial charge in [-0.25, -0.2) is 24.9 Å². The van der Waals surface area contributed by atoms with Crippen molar-refractivity contribution in [3.05, 3.63) is 88.4 Å². The quantitative estimate of drug-likeness (QED) is 0.209.